The summed E-state index contributed by atoms with van der Waals surface area (Å²) in [7, 11) is 0. The van der Waals surface area contributed by atoms with Gasteiger partial charge in [-0.05, 0) is 55.5 Å². The number of nitrogens with one attached hydrogen (secondary N) is 1. The van der Waals surface area contributed by atoms with Crippen molar-refractivity contribution in [1.29, 1.82) is 0 Å². The molecule has 1 amide bonds. The molecule has 134 valence electrons. The zero-order chi connectivity index (χ0) is 18.5. The summed E-state index contributed by atoms with van der Waals surface area (Å²) < 4.78 is 11.7. The Morgan fingerprint density at radius 1 is 1.23 bits per heavy atom. The van der Waals surface area contributed by atoms with Gasteiger partial charge in [-0.15, -0.1) is 0 Å². The van der Waals surface area contributed by atoms with Gasteiger partial charge >= 0.3 is 0 Å². The number of carbonyl (C=O) groups excluding carboxylic acids is 1. The molecule has 8 heteroatoms. The van der Waals surface area contributed by atoms with Crippen molar-refractivity contribution >= 4 is 33.4 Å². The van der Waals surface area contributed by atoms with E-state index < -0.39 is 6.10 Å². The smallest absolute Gasteiger partial charge is 0.261 e. The van der Waals surface area contributed by atoms with Gasteiger partial charge in [0.1, 0.15) is 5.75 Å². The first-order valence-corrected chi connectivity index (χ1v) is 8.97. The van der Waals surface area contributed by atoms with Crippen LogP contribution >= 0.6 is 27.5 Å². The van der Waals surface area contributed by atoms with Crippen molar-refractivity contribution in [2.75, 3.05) is 0 Å². The van der Waals surface area contributed by atoms with E-state index in [1.807, 2.05) is 12.1 Å². The predicted octanol–water partition coefficient (Wildman–Crippen LogP) is 4.24. The van der Waals surface area contributed by atoms with Crippen LogP contribution in [0.15, 0.2) is 57.5 Å². The van der Waals surface area contributed by atoms with Gasteiger partial charge in [0.15, 0.2) is 6.10 Å². The van der Waals surface area contributed by atoms with E-state index in [1.54, 1.807) is 43.3 Å². The molecular weight excluding hydrogens is 422 g/mol. The zero-order valence-corrected chi connectivity index (χ0v) is 16.1. The lowest BCUT2D eigenvalue weighted by molar-refractivity contribution is -0.127. The summed E-state index contributed by atoms with van der Waals surface area (Å²) in [5.74, 6) is 1.07. The third kappa shape index (κ3) is 4.83. The highest BCUT2D eigenvalue weighted by atomic mass is 79.9. The standard InChI is InChI=1S/C18H15BrClN3O3/c1-11(25-15-8-4-13(19)5-9-15)18(24)21-10-16-22-17(23-26-16)12-2-6-14(20)7-3-12/h2-9,11H,10H2,1H3,(H,21,24)/t11-/m1/s1. The number of aromatic nitrogens is 2. The Morgan fingerprint density at radius 2 is 1.92 bits per heavy atom. The summed E-state index contributed by atoms with van der Waals surface area (Å²) in [6.45, 7) is 1.79. The SMILES string of the molecule is C[C@@H](Oc1ccc(Br)cc1)C(=O)NCc1nc(-c2ccc(Cl)cc2)no1. The van der Waals surface area contributed by atoms with E-state index in [-0.39, 0.29) is 12.5 Å². The van der Waals surface area contributed by atoms with E-state index in [0.29, 0.717) is 22.5 Å². The van der Waals surface area contributed by atoms with E-state index in [0.717, 1.165) is 10.0 Å². The number of amides is 1. The maximum atomic E-state index is 12.2. The van der Waals surface area contributed by atoms with E-state index in [4.69, 9.17) is 20.9 Å². The van der Waals surface area contributed by atoms with Crippen molar-refractivity contribution in [2.24, 2.45) is 0 Å². The van der Waals surface area contributed by atoms with Crippen molar-refractivity contribution in [2.45, 2.75) is 19.6 Å². The Balaban J connectivity index is 1.54. The van der Waals surface area contributed by atoms with Crippen molar-refractivity contribution in [1.82, 2.24) is 15.5 Å². The first-order valence-electron chi connectivity index (χ1n) is 7.80. The molecule has 0 radical (unpaired) electrons. The van der Waals surface area contributed by atoms with Crippen LogP contribution in [0.2, 0.25) is 5.02 Å². The second kappa shape index (κ2) is 8.33. The Labute approximate surface area is 163 Å². The highest BCUT2D eigenvalue weighted by molar-refractivity contribution is 9.10. The van der Waals surface area contributed by atoms with Gasteiger partial charge in [0, 0.05) is 15.1 Å². The molecule has 0 unspecified atom stereocenters. The van der Waals surface area contributed by atoms with Gasteiger partial charge in [0.05, 0.1) is 6.54 Å². The van der Waals surface area contributed by atoms with Gasteiger partial charge in [0.25, 0.3) is 5.91 Å². The second-order valence-corrected chi connectivity index (χ2v) is 6.80. The van der Waals surface area contributed by atoms with Crippen LogP contribution in [0.3, 0.4) is 0 Å². The number of hydrogen-bond acceptors (Lipinski definition) is 5. The van der Waals surface area contributed by atoms with Gasteiger partial charge in [-0.1, -0.05) is 32.7 Å². The maximum absolute atomic E-state index is 12.2. The van der Waals surface area contributed by atoms with Crippen LogP contribution in [0, 0.1) is 0 Å². The molecule has 0 fully saturated rings. The molecule has 1 aromatic heterocycles. The van der Waals surface area contributed by atoms with Gasteiger partial charge < -0.3 is 14.6 Å². The van der Waals surface area contributed by atoms with Crippen molar-refractivity contribution in [3.05, 3.63) is 63.9 Å². The first-order chi connectivity index (χ1) is 12.5. The molecule has 0 aliphatic carbocycles. The first kappa shape index (κ1) is 18.4. The normalized spacial score (nSPS) is 11.8. The molecule has 0 saturated heterocycles. The van der Waals surface area contributed by atoms with Crippen molar-refractivity contribution in [3.8, 4) is 17.1 Å². The number of nitrogens with zero attached hydrogens (tertiary/aromatic N) is 2. The van der Waals surface area contributed by atoms with Crippen molar-refractivity contribution < 1.29 is 14.1 Å². The molecule has 0 aliphatic rings. The summed E-state index contributed by atoms with van der Waals surface area (Å²) in [5.41, 5.74) is 0.780. The van der Waals surface area contributed by atoms with Gasteiger partial charge in [-0.2, -0.15) is 4.98 Å². The van der Waals surface area contributed by atoms with Crippen LogP contribution in [0.4, 0.5) is 0 Å². The molecule has 0 saturated carbocycles. The topological polar surface area (TPSA) is 77.2 Å². The van der Waals surface area contributed by atoms with Gasteiger partial charge in [-0.3, -0.25) is 4.79 Å². The third-order valence-electron chi connectivity index (χ3n) is 3.48. The lowest BCUT2D eigenvalue weighted by atomic mass is 10.2. The van der Waals surface area contributed by atoms with Crippen LogP contribution in [0.5, 0.6) is 5.75 Å². The summed E-state index contributed by atoms with van der Waals surface area (Å²) in [6.07, 6.45) is -0.658. The summed E-state index contributed by atoms with van der Waals surface area (Å²) >= 11 is 9.21. The lowest BCUT2D eigenvalue weighted by Crippen LogP contribution is -2.35. The molecule has 0 bridgehead atoms. The number of benzene rings is 2. The van der Waals surface area contributed by atoms with Crippen molar-refractivity contribution in [3.63, 3.8) is 0 Å². The molecule has 1 N–H and O–H groups in total. The monoisotopic (exact) mass is 435 g/mol. The Hall–Kier alpha value is -2.38. The number of halogens is 2. The second-order valence-electron chi connectivity index (χ2n) is 5.45. The van der Waals surface area contributed by atoms with Gasteiger partial charge in [0.2, 0.25) is 11.7 Å². The van der Waals surface area contributed by atoms with Gasteiger partial charge in [-0.25, -0.2) is 0 Å². The largest absolute Gasteiger partial charge is 0.481 e. The predicted molar refractivity (Wildman–Crippen MR) is 101 cm³/mol. The van der Waals surface area contributed by atoms with Crippen LogP contribution in [-0.4, -0.2) is 22.2 Å². The fraction of sp³-hybridized carbons (Fsp3) is 0.167. The minimum atomic E-state index is -0.658. The molecule has 2 aromatic carbocycles. The Morgan fingerprint density at radius 3 is 2.62 bits per heavy atom. The third-order valence-corrected chi connectivity index (χ3v) is 4.26. The molecule has 1 atom stereocenters. The average Bonchev–Trinajstić information content (AvgIpc) is 3.11. The summed E-state index contributed by atoms with van der Waals surface area (Å²) in [5, 5.41) is 7.24. The van der Waals surface area contributed by atoms with E-state index in [9.17, 15) is 4.79 Å². The van der Waals surface area contributed by atoms with E-state index >= 15 is 0 Å². The molecule has 0 aliphatic heterocycles. The van der Waals surface area contributed by atoms with Crippen LogP contribution in [0.1, 0.15) is 12.8 Å². The summed E-state index contributed by atoms with van der Waals surface area (Å²) in [6, 6.07) is 14.3. The number of carbonyl (C=O) groups is 1. The number of hydrogen-bond donors (Lipinski definition) is 1. The van der Waals surface area contributed by atoms with E-state index in [2.05, 4.69) is 31.4 Å². The maximum Gasteiger partial charge on any atom is 0.261 e. The summed E-state index contributed by atoms with van der Waals surface area (Å²) in [4.78, 5) is 16.4. The number of rotatable bonds is 6. The van der Waals surface area contributed by atoms with Crippen LogP contribution < -0.4 is 10.1 Å². The van der Waals surface area contributed by atoms with Crippen LogP contribution in [-0.2, 0) is 11.3 Å². The molecular formula is C18H15BrClN3O3. The molecule has 3 rings (SSSR count). The van der Waals surface area contributed by atoms with E-state index in [1.165, 1.54) is 0 Å². The highest BCUT2D eigenvalue weighted by Crippen LogP contribution is 2.19. The zero-order valence-electron chi connectivity index (χ0n) is 13.8. The molecule has 1 heterocycles. The minimum Gasteiger partial charge on any atom is -0.481 e. The fourth-order valence-electron chi connectivity index (χ4n) is 2.12. The average molecular weight is 437 g/mol. The Kier molecular flexibility index (Phi) is 5.90. The molecule has 0 spiro atoms. The van der Waals surface area contributed by atoms with Crippen LogP contribution in [0.25, 0.3) is 11.4 Å². The fourth-order valence-corrected chi connectivity index (χ4v) is 2.51. The minimum absolute atomic E-state index is 0.119. The molecule has 26 heavy (non-hydrogen) atoms. The molecule has 3 aromatic rings. The lowest BCUT2D eigenvalue weighted by Gasteiger charge is -2.13. The molecule has 6 nitrogen and oxygen atoms in total. The quantitative estimate of drug-likeness (QED) is 0.625. The highest BCUT2D eigenvalue weighted by Gasteiger charge is 2.16. The number of ether oxygens (including phenoxy) is 1. The Bertz CT molecular complexity index is 881.